The van der Waals surface area contributed by atoms with Crippen molar-refractivity contribution in [2.75, 3.05) is 45.7 Å². The molecule has 1 aromatic rings. The summed E-state index contributed by atoms with van der Waals surface area (Å²) in [6.45, 7) is 6.08. The highest BCUT2D eigenvalue weighted by molar-refractivity contribution is 5.45. The van der Waals surface area contributed by atoms with Crippen molar-refractivity contribution in [3.8, 4) is 0 Å². The number of hydrogen-bond donors (Lipinski definition) is 1. The Labute approximate surface area is 105 Å². The zero-order valence-electron chi connectivity index (χ0n) is 11.2. The fourth-order valence-electron chi connectivity index (χ4n) is 1.74. The summed E-state index contributed by atoms with van der Waals surface area (Å²) in [5, 5.41) is 3.43. The van der Waals surface area contributed by atoms with Crippen LogP contribution in [0.3, 0.4) is 0 Å². The molecule has 0 unspecified atom stereocenters. The highest BCUT2D eigenvalue weighted by Crippen LogP contribution is 2.08. The third-order valence-electron chi connectivity index (χ3n) is 2.73. The van der Waals surface area contributed by atoms with E-state index in [1.54, 1.807) is 7.11 Å². The molecule has 3 nitrogen and oxygen atoms in total. The van der Waals surface area contributed by atoms with Crippen LogP contribution < -0.4 is 5.32 Å². The highest BCUT2D eigenvalue weighted by atomic mass is 16.5. The second-order valence-corrected chi connectivity index (χ2v) is 4.45. The first kappa shape index (κ1) is 14.0. The molecule has 0 saturated carbocycles. The fourth-order valence-corrected chi connectivity index (χ4v) is 1.74. The van der Waals surface area contributed by atoms with Gasteiger partial charge in [-0.25, -0.2) is 0 Å². The van der Waals surface area contributed by atoms with Crippen LogP contribution in [0.5, 0.6) is 0 Å². The van der Waals surface area contributed by atoms with E-state index >= 15 is 0 Å². The lowest BCUT2D eigenvalue weighted by Gasteiger charge is -2.17. The lowest BCUT2D eigenvalue weighted by atomic mass is 10.2. The van der Waals surface area contributed by atoms with Gasteiger partial charge in [0.2, 0.25) is 0 Å². The minimum absolute atomic E-state index is 0.843. The van der Waals surface area contributed by atoms with Crippen LogP contribution in [0.25, 0.3) is 0 Å². The van der Waals surface area contributed by atoms with Gasteiger partial charge < -0.3 is 15.0 Å². The Balaban J connectivity index is 2.14. The third kappa shape index (κ3) is 6.29. The summed E-state index contributed by atoms with van der Waals surface area (Å²) in [6, 6.07) is 8.48. The molecule has 0 aromatic heterocycles. The van der Waals surface area contributed by atoms with Gasteiger partial charge in [0.15, 0.2) is 0 Å². The number of hydrogen-bond acceptors (Lipinski definition) is 3. The molecule has 1 N–H and O–H groups in total. The van der Waals surface area contributed by atoms with Crippen molar-refractivity contribution >= 4 is 5.69 Å². The van der Waals surface area contributed by atoms with Crippen LogP contribution >= 0.6 is 0 Å². The topological polar surface area (TPSA) is 24.5 Å². The van der Waals surface area contributed by atoms with E-state index in [0.29, 0.717) is 0 Å². The lowest BCUT2D eigenvalue weighted by Crippen LogP contribution is -2.26. The van der Waals surface area contributed by atoms with Crippen LogP contribution in [-0.4, -0.2) is 45.3 Å². The molecular weight excluding hydrogens is 212 g/mol. The van der Waals surface area contributed by atoms with Crippen LogP contribution in [0.2, 0.25) is 0 Å². The summed E-state index contributed by atoms with van der Waals surface area (Å²) < 4.78 is 5.04. The van der Waals surface area contributed by atoms with Gasteiger partial charge in [0.1, 0.15) is 0 Å². The second-order valence-electron chi connectivity index (χ2n) is 4.45. The normalized spacial score (nSPS) is 10.8. The average molecular weight is 236 g/mol. The molecule has 0 aliphatic carbocycles. The number of ether oxygens (including phenoxy) is 1. The SMILES string of the molecule is COCCCN(C)CCNc1cccc(C)c1. The molecule has 0 atom stereocenters. The van der Waals surface area contributed by atoms with Gasteiger partial charge in [-0.2, -0.15) is 0 Å². The number of rotatable bonds is 8. The standard InChI is InChI=1S/C14H24N2O/c1-13-6-4-7-14(12-13)15-8-10-16(2)9-5-11-17-3/h4,6-7,12,15H,5,8-11H2,1-3H3. The number of nitrogens with zero attached hydrogens (tertiary/aromatic N) is 1. The van der Waals surface area contributed by atoms with Crippen molar-refractivity contribution in [1.82, 2.24) is 4.90 Å². The summed E-state index contributed by atoms with van der Waals surface area (Å²) in [5.74, 6) is 0. The molecule has 0 amide bonds. The Morgan fingerprint density at radius 2 is 2.12 bits per heavy atom. The molecule has 3 heteroatoms. The van der Waals surface area contributed by atoms with E-state index in [2.05, 4.69) is 48.5 Å². The summed E-state index contributed by atoms with van der Waals surface area (Å²) in [5.41, 5.74) is 2.50. The summed E-state index contributed by atoms with van der Waals surface area (Å²) in [7, 11) is 3.90. The number of aryl methyl sites for hydroxylation is 1. The van der Waals surface area contributed by atoms with E-state index in [9.17, 15) is 0 Å². The van der Waals surface area contributed by atoms with Gasteiger partial charge in [-0.15, -0.1) is 0 Å². The maximum atomic E-state index is 5.04. The Morgan fingerprint density at radius 3 is 2.82 bits per heavy atom. The van der Waals surface area contributed by atoms with Gasteiger partial charge in [0.05, 0.1) is 0 Å². The lowest BCUT2D eigenvalue weighted by molar-refractivity contribution is 0.180. The second kappa shape index (κ2) is 8.09. The van der Waals surface area contributed by atoms with E-state index in [4.69, 9.17) is 4.74 Å². The average Bonchev–Trinajstić information content (AvgIpc) is 2.29. The van der Waals surface area contributed by atoms with Crippen LogP contribution in [0.1, 0.15) is 12.0 Å². The molecule has 0 bridgehead atoms. The Bertz CT molecular complexity index is 315. The monoisotopic (exact) mass is 236 g/mol. The van der Waals surface area contributed by atoms with Crippen molar-refractivity contribution in [1.29, 1.82) is 0 Å². The molecule has 96 valence electrons. The molecule has 1 aromatic carbocycles. The molecule has 0 saturated heterocycles. The third-order valence-corrected chi connectivity index (χ3v) is 2.73. The summed E-state index contributed by atoms with van der Waals surface area (Å²) in [4.78, 5) is 2.32. The van der Waals surface area contributed by atoms with Gasteiger partial charge in [-0.05, 0) is 38.1 Å². The highest BCUT2D eigenvalue weighted by Gasteiger charge is 1.98. The van der Waals surface area contributed by atoms with E-state index < -0.39 is 0 Å². The first-order valence-electron chi connectivity index (χ1n) is 6.20. The van der Waals surface area contributed by atoms with E-state index in [1.165, 1.54) is 11.3 Å². The van der Waals surface area contributed by atoms with E-state index in [1.807, 2.05) is 0 Å². The van der Waals surface area contributed by atoms with Gasteiger partial charge in [0, 0.05) is 39.0 Å². The Hall–Kier alpha value is -1.06. The summed E-state index contributed by atoms with van der Waals surface area (Å²) in [6.07, 6.45) is 1.09. The molecule has 0 radical (unpaired) electrons. The largest absolute Gasteiger partial charge is 0.385 e. The number of benzene rings is 1. The molecule has 17 heavy (non-hydrogen) atoms. The van der Waals surface area contributed by atoms with Crippen LogP contribution in [0.15, 0.2) is 24.3 Å². The van der Waals surface area contributed by atoms with Gasteiger partial charge in [-0.3, -0.25) is 0 Å². The van der Waals surface area contributed by atoms with E-state index in [-0.39, 0.29) is 0 Å². The van der Waals surface area contributed by atoms with Crippen molar-refractivity contribution in [2.45, 2.75) is 13.3 Å². The molecular formula is C14H24N2O. The van der Waals surface area contributed by atoms with Crippen LogP contribution in [0.4, 0.5) is 5.69 Å². The first-order chi connectivity index (χ1) is 8.22. The summed E-state index contributed by atoms with van der Waals surface area (Å²) >= 11 is 0. The molecule has 1 rings (SSSR count). The van der Waals surface area contributed by atoms with Gasteiger partial charge in [-0.1, -0.05) is 12.1 Å². The molecule has 0 aliphatic heterocycles. The predicted octanol–water partition coefficient (Wildman–Crippen LogP) is 2.38. The Kier molecular flexibility index (Phi) is 6.67. The molecule has 0 aliphatic rings. The first-order valence-corrected chi connectivity index (χ1v) is 6.20. The minimum atomic E-state index is 0.843. The number of likely N-dealkylation sites (N-methyl/N-ethyl adjacent to an activating group) is 1. The minimum Gasteiger partial charge on any atom is -0.385 e. The zero-order valence-corrected chi connectivity index (χ0v) is 11.2. The van der Waals surface area contributed by atoms with Gasteiger partial charge >= 0.3 is 0 Å². The molecule has 0 spiro atoms. The maximum Gasteiger partial charge on any atom is 0.0474 e. The number of anilines is 1. The van der Waals surface area contributed by atoms with Crippen LogP contribution in [0, 0.1) is 6.92 Å². The van der Waals surface area contributed by atoms with Crippen molar-refractivity contribution in [3.63, 3.8) is 0 Å². The van der Waals surface area contributed by atoms with Crippen LogP contribution in [-0.2, 0) is 4.74 Å². The van der Waals surface area contributed by atoms with Crippen molar-refractivity contribution in [2.24, 2.45) is 0 Å². The zero-order chi connectivity index (χ0) is 12.5. The predicted molar refractivity (Wildman–Crippen MR) is 73.7 cm³/mol. The van der Waals surface area contributed by atoms with Gasteiger partial charge in [0.25, 0.3) is 0 Å². The van der Waals surface area contributed by atoms with Crippen molar-refractivity contribution in [3.05, 3.63) is 29.8 Å². The fraction of sp³-hybridized carbons (Fsp3) is 0.571. The number of methoxy groups -OCH3 is 1. The molecule has 0 heterocycles. The number of nitrogens with one attached hydrogen (secondary N) is 1. The van der Waals surface area contributed by atoms with Crippen molar-refractivity contribution < 1.29 is 4.74 Å². The van der Waals surface area contributed by atoms with E-state index in [0.717, 1.165) is 32.7 Å². The smallest absolute Gasteiger partial charge is 0.0474 e. The Morgan fingerprint density at radius 1 is 1.29 bits per heavy atom. The molecule has 0 fully saturated rings. The quantitative estimate of drug-likeness (QED) is 0.701. The maximum absolute atomic E-state index is 5.04.